The van der Waals surface area contributed by atoms with E-state index in [0.717, 1.165) is 28.1 Å². The molecule has 3 aromatic rings. The molecule has 0 aromatic heterocycles. The Hall–Kier alpha value is -2.95. The van der Waals surface area contributed by atoms with Crippen molar-refractivity contribution in [2.45, 2.75) is 12.2 Å². The largest absolute Gasteiger partial charge is 0.507 e. The zero-order valence-corrected chi connectivity index (χ0v) is 16.2. The van der Waals surface area contributed by atoms with Crippen LogP contribution < -0.4 is 15.4 Å². The Labute approximate surface area is 169 Å². The van der Waals surface area contributed by atoms with Crippen molar-refractivity contribution in [3.05, 3.63) is 101 Å². The van der Waals surface area contributed by atoms with Gasteiger partial charge in [0.1, 0.15) is 17.5 Å². The molecule has 4 N–H and O–H groups in total. The number of aromatic hydroxyl groups is 1. The Bertz CT molecular complexity index is 1000. The summed E-state index contributed by atoms with van der Waals surface area (Å²) in [6.07, 6.45) is 2.06. The zero-order valence-electron chi connectivity index (χ0n) is 15.5. The first kappa shape index (κ1) is 18.4. The maximum atomic E-state index is 10.4. The van der Waals surface area contributed by atoms with E-state index in [4.69, 9.17) is 16.3 Å². The highest BCUT2D eigenvalue weighted by molar-refractivity contribution is 6.30. The summed E-state index contributed by atoms with van der Waals surface area (Å²) < 4.78 is 5.57. The van der Waals surface area contributed by atoms with Gasteiger partial charge in [-0.2, -0.15) is 0 Å². The van der Waals surface area contributed by atoms with Crippen LogP contribution in [0.5, 0.6) is 11.5 Å². The lowest BCUT2D eigenvalue weighted by atomic mass is 9.97. The van der Waals surface area contributed by atoms with Crippen LogP contribution in [0, 0.1) is 0 Å². The molecule has 0 bridgehead atoms. The van der Waals surface area contributed by atoms with Crippen molar-refractivity contribution in [1.29, 1.82) is 0 Å². The van der Waals surface area contributed by atoms with Crippen LogP contribution in [0.25, 0.3) is 5.70 Å². The molecule has 2 atom stereocenters. The molecule has 1 heterocycles. The number of phenolic OH excluding ortho intramolecular Hbond substituents is 1. The Kier molecular flexibility index (Phi) is 5.24. The number of phenols is 1. The zero-order chi connectivity index (χ0) is 19.5. The maximum Gasteiger partial charge on any atom is 0.190 e. The number of nitrogens with one attached hydrogen (secondary N) is 1. The third-order valence-electron chi connectivity index (χ3n) is 4.98. The third-order valence-corrected chi connectivity index (χ3v) is 5.23. The molecular weight excluding hydrogens is 372 g/mol. The Morgan fingerprint density at radius 3 is 2.32 bits per heavy atom. The number of nitrogens with two attached hydrogens (primary N) is 1. The van der Waals surface area contributed by atoms with Gasteiger partial charge in [-0.05, 0) is 42.0 Å². The van der Waals surface area contributed by atoms with Crippen LogP contribution in [0.2, 0.25) is 5.02 Å². The van der Waals surface area contributed by atoms with Gasteiger partial charge in [-0.15, -0.1) is 0 Å². The van der Waals surface area contributed by atoms with Crippen LogP contribution in [-0.4, -0.2) is 12.2 Å². The normalized spacial score (nSPS) is 18.9. The quantitative estimate of drug-likeness (QED) is 0.628. The second kappa shape index (κ2) is 7.97. The van der Waals surface area contributed by atoms with Gasteiger partial charge in [0.15, 0.2) is 6.17 Å². The summed E-state index contributed by atoms with van der Waals surface area (Å²) in [4.78, 5) is 0. The summed E-state index contributed by atoms with van der Waals surface area (Å²) >= 11 is 6.06. The lowest BCUT2D eigenvalue weighted by Crippen LogP contribution is -2.89. The van der Waals surface area contributed by atoms with E-state index in [0.29, 0.717) is 5.02 Å². The third kappa shape index (κ3) is 3.70. The average molecular weight is 394 g/mol. The van der Waals surface area contributed by atoms with Crippen molar-refractivity contribution >= 4 is 17.3 Å². The Balaban J connectivity index is 1.78. The molecule has 5 heteroatoms. The van der Waals surface area contributed by atoms with Crippen LogP contribution in [0.15, 0.2) is 78.9 Å². The number of hydrogen-bond acceptors (Lipinski definition) is 3. The van der Waals surface area contributed by atoms with E-state index in [9.17, 15) is 5.11 Å². The first-order valence-corrected chi connectivity index (χ1v) is 9.53. The van der Waals surface area contributed by atoms with E-state index in [1.165, 1.54) is 0 Å². The topological polar surface area (TPSA) is 58.1 Å². The van der Waals surface area contributed by atoms with E-state index >= 15 is 0 Å². The van der Waals surface area contributed by atoms with Crippen LogP contribution >= 0.6 is 11.6 Å². The van der Waals surface area contributed by atoms with Crippen molar-refractivity contribution in [2.24, 2.45) is 0 Å². The molecule has 3 aromatic carbocycles. The van der Waals surface area contributed by atoms with Gasteiger partial charge in [0.05, 0.1) is 18.2 Å². The SMILES string of the molecule is COc1ccccc1C1NC(c2ccc(Cl)cc2)=CC(c2ccccc2O)[NH2+]1. The second-order valence-corrected chi connectivity index (χ2v) is 7.16. The van der Waals surface area contributed by atoms with E-state index < -0.39 is 0 Å². The Morgan fingerprint density at radius 2 is 1.61 bits per heavy atom. The van der Waals surface area contributed by atoms with Gasteiger partial charge in [0, 0.05) is 16.8 Å². The molecule has 142 valence electrons. The number of rotatable bonds is 4. The minimum atomic E-state index is -0.0727. The lowest BCUT2D eigenvalue weighted by molar-refractivity contribution is -0.731. The van der Waals surface area contributed by atoms with Gasteiger partial charge in [-0.3, -0.25) is 0 Å². The van der Waals surface area contributed by atoms with Gasteiger partial charge < -0.3 is 20.5 Å². The lowest BCUT2D eigenvalue weighted by Gasteiger charge is -2.30. The summed E-state index contributed by atoms with van der Waals surface area (Å²) in [5, 5.41) is 16.9. The number of methoxy groups -OCH3 is 1. The molecule has 4 rings (SSSR count). The van der Waals surface area contributed by atoms with Crippen LogP contribution in [-0.2, 0) is 0 Å². The standard InChI is InChI=1S/C23H21ClN2O2/c1-28-22-9-5-3-7-18(22)23-25-19(15-10-12-16(24)13-11-15)14-20(26-23)17-6-2-4-8-21(17)27/h2-14,20,23,25-27H,1H3/p+1. The molecule has 4 nitrogen and oxygen atoms in total. The fourth-order valence-corrected chi connectivity index (χ4v) is 3.71. The number of ether oxygens (including phenoxy) is 1. The molecule has 28 heavy (non-hydrogen) atoms. The minimum Gasteiger partial charge on any atom is -0.507 e. The second-order valence-electron chi connectivity index (χ2n) is 6.73. The number of benzene rings is 3. The van der Waals surface area contributed by atoms with Crippen molar-refractivity contribution in [1.82, 2.24) is 5.32 Å². The molecule has 0 saturated heterocycles. The highest BCUT2D eigenvalue weighted by atomic mass is 35.5. The molecule has 1 aliphatic heterocycles. The number of quaternary nitrogens is 1. The predicted molar refractivity (Wildman–Crippen MR) is 111 cm³/mol. The van der Waals surface area contributed by atoms with Gasteiger partial charge >= 0.3 is 0 Å². The monoisotopic (exact) mass is 393 g/mol. The molecule has 1 aliphatic rings. The van der Waals surface area contributed by atoms with Crippen LogP contribution in [0.1, 0.15) is 28.9 Å². The minimum absolute atomic E-state index is 0.0527. The van der Waals surface area contributed by atoms with Crippen molar-refractivity contribution in [3.8, 4) is 11.5 Å². The molecule has 0 amide bonds. The van der Waals surface area contributed by atoms with Crippen molar-refractivity contribution in [2.75, 3.05) is 7.11 Å². The van der Waals surface area contributed by atoms with Crippen molar-refractivity contribution < 1.29 is 15.2 Å². The molecular formula is C23H22ClN2O2+. The van der Waals surface area contributed by atoms with Crippen LogP contribution in [0.4, 0.5) is 0 Å². The molecule has 0 spiro atoms. The van der Waals surface area contributed by atoms with E-state index in [2.05, 4.69) is 22.8 Å². The fourth-order valence-electron chi connectivity index (χ4n) is 3.58. The molecule has 0 saturated carbocycles. The van der Waals surface area contributed by atoms with Gasteiger partial charge in [0.25, 0.3) is 0 Å². The summed E-state index contributed by atoms with van der Waals surface area (Å²) in [5.74, 6) is 1.11. The highest BCUT2D eigenvalue weighted by Gasteiger charge is 2.30. The first-order valence-electron chi connectivity index (χ1n) is 9.16. The smallest absolute Gasteiger partial charge is 0.190 e. The van der Waals surface area contributed by atoms with E-state index in [1.54, 1.807) is 13.2 Å². The molecule has 0 fully saturated rings. The van der Waals surface area contributed by atoms with Crippen molar-refractivity contribution in [3.63, 3.8) is 0 Å². The van der Waals surface area contributed by atoms with E-state index in [1.807, 2.05) is 60.7 Å². The number of halogens is 1. The maximum absolute atomic E-state index is 10.4. The summed E-state index contributed by atoms with van der Waals surface area (Å²) in [6, 6.07) is 23.1. The van der Waals surface area contributed by atoms with E-state index in [-0.39, 0.29) is 18.0 Å². The number of hydrogen-bond donors (Lipinski definition) is 3. The summed E-state index contributed by atoms with van der Waals surface area (Å²) in [6.45, 7) is 0. The summed E-state index contributed by atoms with van der Waals surface area (Å²) in [7, 11) is 1.68. The van der Waals surface area contributed by atoms with Gasteiger partial charge in [-0.1, -0.05) is 48.0 Å². The molecule has 0 radical (unpaired) electrons. The van der Waals surface area contributed by atoms with Crippen LogP contribution in [0.3, 0.4) is 0 Å². The van der Waals surface area contributed by atoms with Gasteiger partial charge in [0.2, 0.25) is 0 Å². The average Bonchev–Trinajstić information content (AvgIpc) is 2.74. The fraction of sp³-hybridized carbons (Fsp3) is 0.130. The predicted octanol–water partition coefficient (Wildman–Crippen LogP) is 4.00. The molecule has 0 aliphatic carbocycles. The first-order chi connectivity index (χ1) is 13.7. The highest BCUT2D eigenvalue weighted by Crippen LogP contribution is 2.31. The molecule has 2 unspecified atom stereocenters. The summed E-state index contributed by atoms with van der Waals surface area (Å²) in [5.41, 5.74) is 3.95. The Morgan fingerprint density at radius 1 is 0.929 bits per heavy atom. The van der Waals surface area contributed by atoms with Gasteiger partial charge in [-0.25, -0.2) is 0 Å². The number of para-hydroxylation sites is 2.